The Kier molecular flexibility index (Phi) is 8.72. The van der Waals surface area contributed by atoms with Gasteiger partial charge in [0, 0.05) is 18.7 Å². The Bertz CT molecular complexity index is 985. The molecule has 1 fully saturated rings. The summed E-state index contributed by atoms with van der Waals surface area (Å²) < 4.78 is 5.92. The van der Waals surface area contributed by atoms with Crippen molar-refractivity contribution >= 4 is 29.4 Å². The lowest BCUT2D eigenvalue weighted by atomic mass is 9.87. The molecule has 0 atom stereocenters. The van der Waals surface area contributed by atoms with Crippen molar-refractivity contribution in [1.29, 1.82) is 0 Å². The van der Waals surface area contributed by atoms with Crippen LogP contribution in [-0.2, 0) is 11.2 Å². The Balaban J connectivity index is 1.43. The molecule has 0 unspecified atom stereocenters. The van der Waals surface area contributed by atoms with Crippen LogP contribution in [0.3, 0.4) is 0 Å². The summed E-state index contributed by atoms with van der Waals surface area (Å²) in [5.41, 5.74) is 2.06. The fourth-order valence-corrected chi connectivity index (χ4v) is 4.07. The number of hydrogen-bond acceptors (Lipinski definition) is 4. The first-order valence-electron chi connectivity index (χ1n) is 11.2. The molecule has 2 amide bonds. The average Bonchev–Trinajstić information content (AvgIpc) is 2.82. The first-order chi connectivity index (χ1) is 15.9. The van der Waals surface area contributed by atoms with Crippen molar-refractivity contribution in [3.63, 3.8) is 0 Å². The monoisotopic (exact) mass is 472 g/mol. The van der Waals surface area contributed by atoms with Gasteiger partial charge in [-0.3, -0.25) is 14.4 Å². The zero-order valence-electron chi connectivity index (χ0n) is 18.6. The molecule has 0 bridgehead atoms. The van der Waals surface area contributed by atoms with Crippen molar-refractivity contribution in [2.24, 2.45) is 5.92 Å². The Labute approximate surface area is 198 Å². The minimum absolute atomic E-state index is 0.0573. The van der Waals surface area contributed by atoms with Gasteiger partial charge in [0.15, 0.2) is 0 Å². The summed E-state index contributed by atoms with van der Waals surface area (Å²) >= 11 is 6.29. The molecule has 8 heteroatoms. The number of carbonyl (C=O) groups is 3. The number of carbonyl (C=O) groups excluding carboxylic acids is 2. The van der Waals surface area contributed by atoms with Gasteiger partial charge < -0.3 is 20.5 Å². The third-order valence-corrected chi connectivity index (χ3v) is 6.14. The van der Waals surface area contributed by atoms with E-state index in [9.17, 15) is 14.4 Å². The predicted molar refractivity (Wildman–Crippen MR) is 126 cm³/mol. The predicted octanol–water partition coefficient (Wildman–Crippen LogP) is 4.08. The maximum atomic E-state index is 12.4. The van der Waals surface area contributed by atoms with Crippen LogP contribution >= 0.6 is 11.6 Å². The van der Waals surface area contributed by atoms with Gasteiger partial charge in [-0.15, -0.1) is 0 Å². The van der Waals surface area contributed by atoms with Crippen LogP contribution in [0.1, 0.15) is 58.9 Å². The highest BCUT2D eigenvalue weighted by Gasteiger charge is 2.27. The lowest BCUT2D eigenvalue weighted by molar-refractivity contribution is -0.143. The lowest BCUT2D eigenvalue weighted by Crippen LogP contribution is -2.34. The van der Waals surface area contributed by atoms with Gasteiger partial charge in [0.1, 0.15) is 5.75 Å². The molecule has 2 aromatic rings. The average molecular weight is 473 g/mol. The molecule has 3 rings (SSSR count). The number of carboxylic acid groups (broad SMARTS) is 1. The minimum atomic E-state index is -0.753. The normalized spacial score (nSPS) is 17.8. The van der Waals surface area contributed by atoms with Crippen LogP contribution in [0.25, 0.3) is 0 Å². The summed E-state index contributed by atoms with van der Waals surface area (Å²) in [6.45, 7) is 2.61. The van der Waals surface area contributed by atoms with Crippen molar-refractivity contribution in [3.8, 4) is 5.75 Å². The molecule has 0 spiro atoms. The maximum absolute atomic E-state index is 12.4. The van der Waals surface area contributed by atoms with Crippen LogP contribution in [0.4, 0.5) is 0 Å². The van der Waals surface area contributed by atoms with Gasteiger partial charge in [-0.05, 0) is 68.0 Å². The van der Waals surface area contributed by atoms with E-state index in [4.69, 9.17) is 21.4 Å². The molecule has 0 heterocycles. The number of halogens is 1. The quantitative estimate of drug-likeness (QED) is 0.477. The van der Waals surface area contributed by atoms with Crippen molar-refractivity contribution in [3.05, 3.63) is 64.2 Å². The second-order valence-corrected chi connectivity index (χ2v) is 8.54. The summed E-state index contributed by atoms with van der Waals surface area (Å²) in [6, 6.07) is 12.3. The van der Waals surface area contributed by atoms with Crippen molar-refractivity contribution in [1.82, 2.24) is 10.6 Å². The first-order valence-corrected chi connectivity index (χ1v) is 11.6. The van der Waals surface area contributed by atoms with Gasteiger partial charge in [0.2, 0.25) is 0 Å². The highest BCUT2D eigenvalue weighted by Crippen LogP contribution is 2.29. The van der Waals surface area contributed by atoms with E-state index < -0.39 is 5.97 Å². The third-order valence-electron chi connectivity index (χ3n) is 5.83. The Morgan fingerprint density at radius 1 is 0.970 bits per heavy atom. The highest BCUT2D eigenvalue weighted by molar-refractivity contribution is 6.34. The molecule has 0 aromatic heterocycles. The van der Waals surface area contributed by atoms with Crippen LogP contribution in [0, 0.1) is 5.92 Å². The number of ether oxygens (including phenoxy) is 1. The zero-order chi connectivity index (χ0) is 23.8. The Morgan fingerprint density at radius 3 is 2.18 bits per heavy atom. The van der Waals surface area contributed by atoms with Crippen molar-refractivity contribution < 1.29 is 24.2 Å². The van der Waals surface area contributed by atoms with Crippen LogP contribution in [0.2, 0.25) is 5.02 Å². The van der Waals surface area contributed by atoms with Gasteiger partial charge in [-0.2, -0.15) is 0 Å². The number of aliphatic carboxylic acids is 1. The molecular formula is C25H29ClN2O5. The van der Waals surface area contributed by atoms with Crippen molar-refractivity contribution in [2.75, 3.05) is 13.1 Å². The number of aryl methyl sites for hydroxylation is 1. The van der Waals surface area contributed by atoms with Gasteiger partial charge in [0.25, 0.3) is 11.8 Å². The molecule has 1 aliphatic carbocycles. The first kappa shape index (κ1) is 24.6. The van der Waals surface area contributed by atoms with Gasteiger partial charge in [-0.25, -0.2) is 0 Å². The molecule has 3 N–H and O–H groups in total. The number of amides is 2. The second-order valence-electron chi connectivity index (χ2n) is 8.13. The Hall–Kier alpha value is -3.06. The number of benzene rings is 2. The number of rotatable bonds is 9. The topological polar surface area (TPSA) is 105 Å². The van der Waals surface area contributed by atoms with Crippen LogP contribution in [0.15, 0.2) is 42.5 Å². The number of nitrogens with one attached hydrogen (secondary N) is 2. The maximum Gasteiger partial charge on any atom is 0.306 e. The fourth-order valence-electron chi connectivity index (χ4n) is 3.81. The van der Waals surface area contributed by atoms with Crippen LogP contribution in [0.5, 0.6) is 5.75 Å². The summed E-state index contributed by atoms with van der Waals surface area (Å²) in [6.07, 6.45) is 3.38. The number of hydrogen-bond donors (Lipinski definition) is 3. The van der Waals surface area contributed by atoms with Gasteiger partial charge in [-0.1, -0.05) is 30.7 Å². The summed E-state index contributed by atoms with van der Waals surface area (Å²) in [4.78, 5) is 35.7. The summed E-state index contributed by atoms with van der Waals surface area (Å²) in [5.74, 6) is -1.03. The van der Waals surface area contributed by atoms with Gasteiger partial charge in [0.05, 0.1) is 22.6 Å². The molecule has 7 nitrogen and oxygen atoms in total. The van der Waals surface area contributed by atoms with Gasteiger partial charge >= 0.3 is 5.97 Å². The van der Waals surface area contributed by atoms with E-state index in [1.165, 1.54) is 0 Å². The smallest absolute Gasteiger partial charge is 0.306 e. The summed E-state index contributed by atoms with van der Waals surface area (Å²) in [5, 5.41) is 14.9. The van der Waals surface area contributed by atoms with E-state index in [2.05, 4.69) is 17.6 Å². The van der Waals surface area contributed by atoms with E-state index in [0.29, 0.717) is 42.6 Å². The molecule has 1 aliphatic rings. The minimum Gasteiger partial charge on any atom is -0.490 e. The lowest BCUT2D eigenvalue weighted by Gasteiger charge is -2.26. The molecule has 0 saturated heterocycles. The van der Waals surface area contributed by atoms with E-state index in [1.807, 2.05) is 12.1 Å². The van der Waals surface area contributed by atoms with Crippen LogP contribution < -0.4 is 15.4 Å². The fraction of sp³-hybridized carbons (Fsp3) is 0.400. The SMILES string of the molecule is CCc1ccc(C(=O)NCCNC(=O)c2ccc(OC3CCC(C(=O)O)CC3)cc2Cl)cc1. The number of carboxylic acids is 1. The molecular weight excluding hydrogens is 444 g/mol. The highest BCUT2D eigenvalue weighted by atomic mass is 35.5. The molecule has 0 aliphatic heterocycles. The zero-order valence-corrected chi connectivity index (χ0v) is 19.4. The summed E-state index contributed by atoms with van der Waals surface area (Å²) in [7, 11) is 0. The molecule has 176 valence electrons. The molecule has 1 saturated carbocycles. The largest absolute Gasteiger partial charge is 0.490 e. The standard InChI is InChI=1S/C25H29ClN2O5/c1-2-16-3-5-17(6-4-16)23(29)27-13-14-28-24(30)21-12-11-20(15-22(21)26)33-19-9-7-18(8-10-19)25(31)32/h3-6,11-12,15,18-19H,2,7-10,13-14H2,1H3,(H,27,29)(H,28,30)(H,31,32). The molecule has 33 heavy (non-hydrogen) atoms. The Morgan fingerprint density at radius 2 is 1.61 bits per heavy atom. The van der Waals surface area contributed by atoms with E-state index in [-0.39, 0.29) is 41.9 Å². The second kappa shape index (κ2) is 11.7. The van der Waals surface area contributed by atoms with E-state index in [1.54, 1.807) is 30.3 Å². The molecule has 2 aromatic carbocycles. The van der Waals surface area contributed by atoms with Crippen LogP contribution in [-0.4, -0.2) is 42.1 Å². The molecule has 0 radical (unpaired) electrons. The van der Waals surface area contributed by atoms with Crippen molar-refractivity contribution in [2.45, 2.75) is 45.1 Å². The van der Waals surface area contributed by atoms with E-state index >= 15 is 0 Å². The van der Waals surface area contributed by atoms with E-state index in [0.717, 1.165) is 12.0 Å². The third kappa shape index (κ3) is 6.96.